The summed E-state index contributed by atoms with van der Waals surface area (Å²) in [6.45, 7) is 0. The molecular formula is C65H41N3O. The molecule has 2 aliphatic carbocycles. The molecule has 0 saturated heterocycles. The fraction of sp³-hybridized carbons (Fsp3) is 0.0308. The molecule has 69 heavy (non-hydrogen) atoms. The van der Waals surface area contributed by atoms with E-state index in [0.717, 1.165) is 61.6 Å². The van der Waals surface area contributed by atoms with Crippen molar-refractivity contribution in [2.45, 2.75) is 10.8 Å². The van der Waals surface area contributed by atoms with Crippen LogP contribution in [0.2, 0.25) is 0 Å². The summed E-state index contributed by atoms with van der Waals surface area (Å²) in [6, 6.07) is 89.2. The van der Waals surface area contributed by atoms with Crippen LogP contribution in [0.5, 0.6) is 11.5 Å². The van der Waals surface area contributed by atoms with Crippen molar-refractivity contribution in [1.82, 2.24) is 15.0 Å². The molecule has 3 aliphatic rings. The Bertz CT molecular complexity index is 3730. The molecule has 2 spiro atoms. The minimum absolute atomic E-state index is 0.507. The summed E-state index contributed by atoms with van der Waals surface area (Å²) < 4.78 is 7.04. The van der Waals surface area contributed by atoms with Gasteiger partial charge < -0.3 is 4.74 Å². The number of aromatic nitrogens is 3. The Kier molecular flexibility index (Phi) is 8.68. The van der Waals surface area contributed by atoms with Gasteiger partial charge in [0.1, 0.15) is 11.5 Å². The van der Waals surface area contributed by atoms with Crippen molar-refractivity contribution < 1.29 is 4.74 Å². The summed E-state index contributed by atoms with van der Waals surface area (Å²) in [5.74, 6) is 3.57. The molecule has 2 heterocycles. The SMILES string of the molecule is c1ccc(-c2nc(-c3ccc(-c4ccc5c(c4)Oc4ccccc4C54c5ccccc5C5(c6ccccc6-c6ccccc65)c5ccccc54)cc3)nc(-c3ccccc3-c3ccccc3)n2)cc1. The Morgan fingerprint density at radius 3 is 1.19 bits per heavy atom. The van der Waals surface area contributed by atoms with E-state index >= 15 is 0 Å². The first-order chi connectivity index (χ1) is 34.2. The lowest BCUT2D eigenvalue weighted by Gasteiger charge is -2.51. The molecule has 0 unspecified atom stereocenters. The second-order valence-corrected chi connectivity index (χ2v) is 18.2. The fourth-order valence-electron chi connectivity index (χ4n) is 11.9. The van der Waals surface area contributed by atoms with E-state index in [4.69, 9.17) is 19.7 Å². The van der Waals surface area contributed by atoms with Gasteiger partial charge >= 0.3 is 0 Å². The predicted molar refractivity (Wildman–Crippen MR) is 276 cm³/mol. The van der Waals surface area contributed by atoms with E-state index in [-0.39, 0.29) is 0 Å². The molecule has 0 radical (unpaired) electrons. The van der Waals surface area contributed by atoms with Gasteiger partial charge in [-0.05, 0) is 78.9 Å². The Balaban J connectivity index is 0.914. The Morgan fingerprint density at radius 1 is 0.232 bits per heavy atom. The third-order valence-electron chi connectivity index (χ3n) is 14.7. The molecule has 0 atom stereocenters. The molecule has 14 rings (SSSR count). The maximum Gasteiger partial charge on any atom is 0.164 e. The summed E-state index contributed by atoms with van der Waals surface area (Å²) in [4.78, 5) is 15.3. The van der Waals surface area contributed by atoms with Gasteiger partial charge in [-0.1, -0.05) is 237 Å². The average molecular weight is 880 g/mol. The second kappa shape index (κ2) is 15.3. The van der Waals surface area contributed by atoms with Crippen LogP contribution in [0.3, 0.4) is 0 Å². The van der Waals surface area contributed by atoms with Crippen molar-refractivity contribution in [2.24, 2.45) is 0 Å². The Morgan fingerprint density at radius 2 is 0.609 bits per heavy atom. The van der Waals surface area contributed by atoms with E-state index in [9.17, 15) is 0 Å². The highest BCUT2D eigenvalue weighted by Gasteiger charge is 2.58. The van der Waals surface area contributed by atoms with E-state index in [1.165, 1.54) is 44.5 Å². The third-order valence-corrected chi connectivity index (χ3v) is 14.7. The van der Waals surface area contributed by atoms with Gasteiger partial charge in [-0.25, -0.2) is 15.0 Å². The molecule has 10 aromatic carbocycles. The van der Waals surface area contributed by atoms with Crippen LogP contribution in [-0.2, 0) is 10.8 Å². The molecule has 0 N–H and O–H groups in total. The van der Waals surface area contributed by atoms with Crippen LogP contribution in [0.1, 0.15) is 44.5 Å². The highest BCUT2D eigenvalue weighted by atomic mass is 16.5. The second-order valence-electron chi connectivity index (χ2n) is 18.2. The number of para-hydroxylation sites is 1. The van der Waals surface area contributed by atoms with Crippen LogP contribution >= 0.6 is 0 Å². The molecule has 11 aromatic rings. The number of benzene rings is 10. The summed E-state index contributed by atoms with van der Waals surface area (Å²) in [7, 11) is 0. The number of rotatable bonds is 5. The minimum atomic E-state index is -0.663. The molecule has 1 aromatic heterocycles. The highest BCUT2D eigenvalue weighted by Crippen LogP contribution is 2.67. The quantitative estimate of drug-likeness (QED) is 0.173. The normalized spacial score (nSPS) is 13.9. The summed E-state index contributed by atoms with van der Waals surface area (Å²) >= 11 is 0. The molecule has 0 fully saturated rings. The van der Waals surface area contributed by atoms with Gasteiger partial charge in [0.25, 0.3) is 0 Å². The molecular weight excluding hydrogens is 839 g/mol. The highest BCUT2D eigenvalue weighted by molar-refractivity contribution is 5.91. The first-order valence-corrected chi connectivity index (χ1v) is 23.6. The topological polar surface area (TPSA) is 47.9 Å². The molecule has 0 saturated carbocycles. The van der Waals surface area contributed by atoms with Gasteiger partial charge in [0.2, 0.25) is 0 Å². The first kappa shape index (κ1) is 39.2. The van der Waals surface area contributed by atoms with Crippen molar-refractivity contribution in [3.63, 3.8) is 0 Å². The number of ether oxygens (including phenoxy) is 1. The third kappa shape index (κ3) is 5.66. The van der Waals surface area contributed by atoms with Gasteiger partial charge in [-0.3, -0.25) is 0 Å². The van der Waals surface area contributed by atoms with Crippen molar-refractivity contribution in [3.05, 3.63) is 293 Å². The number of fused-ring (bicyclic) bond motifs is 15. The van der Waals surface area contributed by atoms with Crippen molar-refractivity contribution in [1.29, 1.82) is 0 Å². The van der Waals surface area contributed by atoms with E-state index in [1.54, 1.807) is 0 Å². The molecule has 322 valence electrons. The molecule has 0 bridgehead atoms. The van der Waals surface area contributed by atoms with E-state index in [0.29, 0.717) is 17.5 Å². The van der Waals surface area contributed by atoms with Crippen LogP contribution in [0, 0.1) is 0 Å². The van der Waals surface area contributed by atoms with Crippen LogP contribution in [-0.4, -0.2) is 15.0 Å². The molecule has 4 heteroatoms. The summed E-state index contributed by atoms with van der Waals surface area (Å²) in [5, 5.41) is 0. The van der Waals surface area contributed by atoms with Gasteiger partial charge in [0.05, 0.1) is 10.8 Å². The Hall–Kier alpha value is -8.99. The fourth-order valence-corrected chi connectivity index (χ4v) is 11.9. The number of hydrogen-bond donors (Lipinski definition) is 0. The number of hydrogen-bond acceptors (Lipinski definition) is 4. The lowest BCUT2D eigenvalue weighted by Crippen LogP contribution is -2.45. The minimum Gasteiger partial charge on any atom is -0.457 e. The predicted octanol–water partition coefficient (Wildman–Crippen LogP) is 15.4. The Labute approximate surface area is 400 Å². The lowest BCUT2D eigenvalue weighted by atomic mass is 9.51. The average Bonchev–Trinajstić information content (AvgIpc) is 3.73. The smallest absolute Gasteiger partial charge is 0.164 e. The zero-order valence-corrected chi connectivity index (χ0v) is 37.4. The molecule has 4 nitrogen and oxygen atoms in total. The van der Waals surface area contributed by atoms with Crippen molar-refractivity contribution in [2.75, 3.05) is 0 Å². The maximum atomic E-state index is 7.04. The summed E-state index contributed by atoms with van der Waals surface area (Å²) in [6.07, 6.45) is 0. The number of nitrogens with zero attached hydrogens (tertiary/aromatic N) is 3. The first-order valence-electron chi connectivity index (χ1n) is 23.6. The monoisotopic (exact) mass is 879 g/mol. The molecule has 0 amide bonds. The van der Waals surface area contributed by atoms with E-state index in [1.807, 2.05) is 42.5 Å². The van der Waals surface area contributed by atoms with Crippen LogP contribution in [0.4, 0.5) is 0 Å². The largest absolute Gasteiger partial charge is 0.457 e. The van der Waals surface area contributed by atoms with Crippen LogP contribution in [0.25, 0.3) is 67.5 Å². The van der Waals surface area contributed by atoms with Gasteiger partial charge in [-0.15, -0.1) is 0 Å². The van der Waals surface area contributed by atoms with Crippen LogP contribution < -0.4 is 4.74 Å². The molecule has 1 aliphatic heterocycles. The van der Waals surface area contributed by atoms with Gasteiger partial charge in [0, 0.05) is 27.8 Å². The van der Waals surface area contributed by atoms with E-state index in [2.05, 4.69) is 206 Å². The maximum absolute atomic E-state index is 7.04. The van der Waals surface area contributed by atoms with Crippen LogP contribution in [0.15, 0.2) is 249 Å². The van der Waals surface area contributed by atoms with E-state index < -0.39 is 10.8 Å². The standard InChI is InChI=1S/C65H41N3O/c1-3-19-43(20-4-1)47-23-7-8-26-50(47)63-67-61(44-21-5-2-6-22-44)66-62(68-63)45-37-35-42(36-38-45)46-39-40-58-60(41-46)69-59-34-18-17-33-57(59)65(58)55-31-15-13-29-53(55)64(54-30-14-16-32-56(54)65)51-27-11-9-24-48(51)49-25-10-12-28-52(49)64/h1-41H. The van der Waals surface area contributed by atoms with Crippen molar-refractivity contribution >= 4 is 0 Å². The van der Waals surface area contributed by atoms with Gasteiger partial charge in [0.15, 0.2) is 17.5 Å². The zero-order chi connectivity index (χ0) is 45.5. The van der Waals surface area contributed by atoms with Crippen molar-refractivity contribution in [3.8, 4) is 79.0 Å². The summed E-state index contributed by atoms with van der Waals surface area (Å²) in [5.41, 5.74) is 18.5. The lowest BCUT2D eigenvalue weighted by molar-refractivity contribution is 0.429. The zero-order valence-electron chi connectivity index (χ0n) is 37.4. The van der Waals surface area contributed by atoms with Gasteiger partial charge in [-0.2, -0.15) is 0 Å².